The quantitative estimate of drug-likeness (QED) is 0.568. The molecule has 1 atom stereocenters. The van der Waals surface area contributed by atoms with Gasteiger partial charge in [-0.2, -0.15) is 0 Å². The van der Waals surface area contributed by atoms with Crippen LogP contribution in [0.25, 0.3) is 0 Å². The third kappa shape index (κ3) is 6.20. The highest BCUT2D eigenvalue weighted by molar-refractivity contribution is 5.79. The molecule has 2 rings (SSSR count). The lowest BCUT2D eigenvalue weighted by atomic mass is 9.96. The van der Waals surface area contributed by atoms with Crippen molar-refractivity contribution in [1.82, 2.24) is 10.2 Å². The van der Waals surface area contributed by atoms with E-state index in [1.807, 2.05) is 12.1 Å². The summed E-state index contributed by atoms with van der Waals surface area (Å²) < 4.78 is 10.9. The molecule has 1 heterocycles. The zero-order valence-electron chi connectivity index (χ0n) is 16.8. The SMILES string of the molecule is CCNC(=NCC(C)c1ccccc1OC)N(C)CCC1CCOCC1. The van der Waals surface area contributed by atoms with E-state index in [9.17, 15) is 0 Å². The Morgan fingerprint density at radius 1 is 1.35 bits per heavy atom. The van der Waals surface area contributed by atoms with Crippen molar-refractivity contribution in [3.63, 3.8) is 0 Å². The van der Waals surface area contributed by atoms with Crippen molar-refractivity contribution in [2.75, 3.05) is 47.0 Å². The van der Waals surface area contributed by atoms with E-state index in [2.05, 4.69) is 43.2 Å². The van der Waals surface area contributed by atoms with E-state index >= 15 is 0 Å². The Labute approximate surface area is 158 Å². The number of nitrogens with zero attached hydrogens (tertiary/aromatic N) is 2. The molecule has 1 aliphatic heterocycles. The first-order valence-electron chi connectivity index (χ1n) is 9.85. The minimum absolute atomic E-state index is 0.309. The summed E-state index contributed by atoms with van der Waals surface area (Å²) >= 11 is 0. The van der Waals surface area contributed by atoms with Crippen LogP contribution in [-0.2, 0) is 4.74 Å². The lowest BCUT2D eigenvalue weighted by molar-refractivity contribution is 0.0625. The van der Waals surface area contributed by atoms with Gasteiger partial charge in [0.2, 0.25) is 0 Å². The molecule has 0 bridgehead atoms. The van der Waals surface area contributed by atoms with Gasteiger partial charge in [-0.05, 0) is 43.7 Å². The largest absolute Gasteiger partial charge is 0.496 e. The molecule has 5 heteroatoms. The summed E-state index contributed by atoms with van der Waals surface area (Å²) in [7, 11) is 3.86. The average Bonchev–Trinajstić information content (AvgIpc) is 2.69. The van der Waals surface area contributed by atoms with Crippen LogP contribution in [0, 0.1) is 5.92 Å². The maximum absolute atomic E-state index is 5.49. The molecule has 1 N–H and O–H groups in total. The normalized spacial score (nSPS) is 17.0. The molecule has 1 unspecified atom stereocenters. The third-order valence-corrected chi connectivity index (χ3v) is 5.09. The molecular weight excluding hydrogens is 326 g/mol. The smallest absolute Gasteiger partial charge is 0.193 e. The van der Waals surface area contributed by atoms with Gasteiger partial charge in [-0.1, -0.05) is 25.1 Å². The van der Waals surface area contributed by atoms with Crippen LogP contribution < -0.4 is 10.1 Å². The molecule has 146 valence electrons. The summed E-state index contributed by atoms with van der Waals surface area (Å²) in [5.41, 5.74) is 1.21. The molecule has 1 aromatic carbocycles. The Balaban J connectivity index is 1.93. The number of ether oxygens (including phenoxy) is 2. The van der Waals surface area contributed by atoms with E-state index in [1.54, 1.807) is 7.11 Å². The Bertz CT molecular complexity index is 556. The van der Waals surface area contributed by atoms with E-state index in [0.717, 1.165) is 50.5 Å². The molecule has 0 aliphatic carbocycles. The van der Waals surface area contributed by atoms with Crippen molar-refractivity contribution in [1.29, 1.82) is 0 Å². The van der Waals surface area contributed by atoms with Crippen molar-refractivity contribution >= 4 is 5.96 Å². The van der Waals surface area contributed by atoms with Crippen LogP contribution in [0.1, 0.15) is 44.6 Å². The second-order valence-corrected chi connectivity index (χ2v) is 7.10. The summed E-state index contributed by atoms with van der Waals surface area (Å²) in [5, 5.41) is 3.43. The molecule has 26 heavy (non-hydrogen) atoms. The number of methoxy groups -OCH3 is 1. The number of hydrogen-bond donors (Lipinski definition) is 1. The molecule has 0 spiro atoms. The van der Waals surface area contributed by atoms with Gasteiger partial charge in [0.05, 0.1) is 7.11 Å². The first-order valence-corrected chi connectivity index (χ1v) is 9.85. The molecule has 1 fully saturated rings. The Morgan fingerprint density at radius 3 is 2.77 bits per heavy atom. The first kappa shape index (κ1) is 20.6. The highest BCUT2D eigenvalue weighted by Crippen LogP contribution is 2.26. The van der Waals surface area contributed by atoms with Gasteiger partial charge in [0.15, 0.2) is 5.96 Å². The lowest BCUT2D eigenvalue weighted by Gasteiger charge is -2.27. The van der Waals surface area contributed by atoms with Crippen molar-refractivity contribution in [2.45, 2.75) is 39.0 Å². The zero-order chi connectivity index (χ0) is 18.8. The molecule has 0 aromatic heterocycles. The molecule has 1 saturated heterocycles. The van der Waals surface area contributed by atoms with Crippen LogP contribution in [0.4, 0.5) is 0 Å². The number of aliphatic imine (C=N–C) groups is 1. The summed E-state index contributed by atoms with van der Waals surface area (Å²) in [6.45, 7) is 8.80. The Kier molecular flexibility index (Phi) is 8.75. The van der Waals surface area contributed by atoms with Crippen LogP contribution in [0.2, 0.25) is 0 Å². The molecule has 1 aliphatic rings. The fourth-order valence-corrected chi connectivity index (χ4v) is 3.38. The van der Waals surface area contributed by atoms with E-state index < -0.39 is 0 Å². The third-order valence-electron chi connectivity index (χ3n) is 5.09. The fraction of sp³-hybridized carbons (Fsp3) is 0.667. The number of nitrogens with one attached hydrogen (secondary N) is 1. The molecule has 0 saturated carbocycles. The van der Waals surface area contributed by atoms with Gasteiger partial charge in [-0.3, -0.25) is 4.99 Å². The van der Waals surface area contributed by atoms with Gasteiger partial charge < -0.3 is 19.7 Å². The molecule has 0 radical (unpaired) electrons. The van der Waals surface area contributed by atoms with Crippen LogP contribution in [0.15, 0.2) is 29.3 Å². The fourth-order valence-electron chi connectivity index (χ4n) is 3.38. The van der Waals surface area contributed by atoms with E-state index in [-0.39, 0.29) is 0 Å². The monoisotopic (exact) mass is 361 g/mol. The Morgan fingerprint density at radius 2 is 2.08 bits per heavy atom. The number of benzene rings is 1. The summed E-state index contributed by atoms with van der Waals surface area (Å²) in [4.78, 5) is 7.14. The predicted molar refractivity (Wildman–Crippen MR) is 108 cm³/mol. The topological polar surface area (TPSA) is 46.1 Å². The van der Waals surface area contributed by atoms with Gasteiger partial charge in [0.1, 0.15) is 5.75 Å². The zero-order valence-corrected chi connectivity index (χ0v) is 16.8. The number of guanidine groups is 1. The van der Waals surface area contributed by atoms with Crippen molar-refractivity contribution in [2.24, 2.45) is 10.9 Å². The predicted octanol–water partition coefficient (Wildman–Crippen LogP) is 3.51. The summed E-state index contributed by atoms with van der Waals surface area (Å²) in [6.07, 6.45) is 3.57. The van der Waals surface area contributed by atoms with E-state index in [0.29, 0.717) is 5.92 Å². The summed E-state index contributed by atoms with van der Waals surface area (Å²) in [6, 6.07) is 8.21. The van der Waals surface area contributed by atoms with Gasteiger partial charge in [-0.25, -0.2) is 0 Å². The van der Waals surface area contributed by atoms with E-state index in [1.165, 1.54) is 24.8 Å². The van der Waals surface area contributed by atoms with Gasteiger partial charge in [0.25, 0.3) is 0 Å². The second kappa shape index (κ2) is 11.1. The standard InChI is InChI=1S/C21H35N3O2/c1-5-22-21(24(3)13-10-18-11-14-26-15-12-18)23-16-17(2)19-8-6-7-9-20(19)25-4/h6-9,17-18H,5,10-16H2,1-4H3,(H,22,23). The average molecular weight is 362 g/mol. The maximum atomic E-state index is 5.49. The van der Waals surface area contributed by atoms with Crippen molar-refractivity contribution < 1.29 is 9.47 Å². The van der Waals surface area contributed by atoms with E-state index in [4.69, 9.17) is 14.5 Å². The molecule has 5 nitrogen and oxygen atoms in total. The van der Waals surface area contributed by atoms with Crippen LogP contribution >= 0.6 is 0 Å². The molecule has 1 aromatic rings. The highest BCUT2D eigenvalue weighted by atomic mass is 16.5. The van der Waals surface area contributed by atoms with Crippen molar-refractivity contribution in [3.8, 4) is 5.75 Å². The lowest BCUT2D eigenvalue weighted by Crippen LogP contribution is -2.40. The number of para-hydroxylation sites is 1. The Hall–Kier alpha value is -1.75. The van der Waals surface area contributed by atoms with Crippen molar-refractivity contribution in [3.05, 3.63) is 29.8 Å². The minimum Gasteiger partial charge on any atom is -0.496 e. The number of rotatable bonds is 8. The number of hydrogen-bond acceptors (Lipinski definition) is 3. The molecule has 0 amide bonds. The van der Waals surface area contributed by atoms with Crippen LogP contribution in [0.5, 0.6) is 5.75 Å². The van der Waals surface area contributed by atoms with Gasteiger partial charge in [0, 0.05) is 45.8 Å². The minimum atomic E-state index is 0.309. The molecular formula is C21H35N3O2. The maximum Gasteiger partial charge on any atom is 0.193 e. The van der Waals surface area contributed by atoms with Crippen LogP contribution in [-0.4, -0.2) is 57.9 Å². The van der Waals surface area contributed by atoms with Gasteiger partial charge >= 0.3 is 0 Å². The second-order valence-electron chi connectivity index (χ2n) is 7.10. The summed E-state index contributed by atoms with van der Waals surface area (Å²) in [5.74, 6) is 3.01. The van der Waals surface area contributed by atoms with Gasteiger partial charge in [-0.15, -0.1) is 0 Å². The first-order chi connectivity index (χ1) is 12.7. The van der Waals surface area contributed by atoms with Crippen LogP contribution in [0.3, 0.4) is 0 Å². The highest BCUT2D eigenvalue weighted by Gasteiger charge is 2.16.